The highest BCUT2D eigenvalue weighted by molar-refractivity contribution is 5.35. The van der Waals surface area contributed by atoms with Crippen LogP contribution in [-0.4, -0.2) is 5.11 Å². The van der Waals surface area contributed by atoms with E-state index in [-0.39, 0.29) is 5.82 Å². The number of hydrogen-bond donors (Lipinski definition) is 1. The van der Waals surface area contributed by atoms with Gasteiger partial charge in [-0.15, -0.1) is 0 Å². The van der Waals surface area contributed by atoms with Crippen LogP contribution >= 0.6 is 0 Å². The predicted octanol–water partition coefficient (Wildman–Crippen LogP) is 4.48. The fourth-order valence-electron chi connectivity index (χ4n) is 2.73. The minimum Gasteiger partial charge on any atom is -0.384 e. The molecule has 104 valence electrons. The summed E-state index contributed by atoms with van der Waals surface area (Å²) in [5.41, 5.74) is 3.28. The summed E-state index contributed by atoms with van der Waals surface area (Å²) in [5, 5.41) is 10.3. The smallest absolute Gasteiger partial charge is 0.129 e. The first-order valence-corrected chi connectivity index (χ1v) is 7.19. The Morgan fingerprint density at radius 1 is 1.10 bits per heavy atom. The van der Waals surface area contributed by atoms with Crippen molar-refractivity contribution in [1.29, 1.82) is 0 Å². The maximum Gasteiger partial charge on any atom is 0.129 e. The summed E-state index contributed by atoms with van der Waals surface area (Å²) in [6.45, 7) is 1.84. The molecule has 2 heteroatoms. The van der Waals surface area contributed by atoms with E-state index in [1.54, 1.807) is 6.07 Å². The van der Waals surface area contributed by atoms with Crippen LogP contribution in [0.4, 0.5) is 4.39 Å². The average molecular weight is 270 g/mol. The lowest BCUT2D eigenvalue weighted by Gasteiger charge is -2.26. The second-order valence-corrected chi connectivity index (χ2v) is 5.72. The molecule has 1 aliphatic carbocycles. The zero-order valence-corrected chi connectivity index (χ0v) is 11.6. The van der Waals surface area contributed by atoms with Crippen molar-refractivity contribution in [3.05, 3.63) is 70.5 Å². The van der Waals surface area contributed by atoms with Crippen molar-refractivity contribution in [2.45, 2.75) is 38.2 Å². The third-order valence-electron chi connectivity index (χ3n) is 4.28. The van der Waals surface area contributed by atoms with Crippen LogP contribution in [0.2, 0.25) is 0 Å². The van der Waals surface area contributed by atoms with Crippen LogP contribution in [-0.2, 0) is 0 Å². The Balaban J connectivity index is 1.84. The molecular weight excluding hydrogens is 251 g/mol. The summed E-state index contributed by atoms with van der Waals surface area (Å²) in [6, 6.07) is 12.9. The predicted molar refractivity (Wildman–Crippen MR) is 78.2 cm³/mol. The standard InChI is InChI=1S/C18H19FO/c1-12-5-10-16(17(19)11-12)18(20)15-8-6-14(7-9-15)13-3-2-4-13/h5-11,13,18,20H,2-4H2,1H3. The van der Waals surface area contributed by atoms with Gasteiger partial charge in [-0.1, -0.05) is 42.8 Å². The molecule has 20 heavy (non-hydrogen) atoms. The van der Waals surface area contributed by atoms with Gasteiger partial charge in [0, 0.05) is 5.56 Å². The molecule has 0 saturated heterocycles. The minimum atomic E-state index is -0.897. The topological polar surface area (TPSA) is 20.2 Å². The average Bonchev–Trinajstić information content (AvgIpc) is 2.37. The van der Waals surface area contributed by atoms with Crippen LogP contribution in [0, 0.1) is 12.7 Å². The van der Waals surface area contributed by atoms with Crippen molar-refractivity contribution in [2.75, 3.05) is 0 Å². The van der Waals surface area contributed by atoms with Crippen molar-refractivity contribution < 1.29 is 9.50 Å². The second kappa shape index (κ2) is 5.37. The Morgan fingerprint density at radius 3 is 2.35 bits per heavy atom. The van der Waals surface area contributed by atoms with Gasteiger partial charge in [0.15, 0.2) is 0 Å². The Hall–Kier alpha value is -1.67. The van der Waals surface area contributed by atoms with Gasteiger partial charge in [-0.05, 0) is 48.4 Å². The van der Waals surface area contributed by atoms with E-state index >= 15 is 0 Å². The van der Waals surface area contributed by atoms with Crippen LogP contribution in [0.3, 0.4) is 0 Å². The quantitative estimate of drug-likeness (QED) is 0.871. The number of benzene rings is 2. The Morgan fingerprint density at radius 2 is 1.80 bits per heavy atom. The molecule has 2 aromatic rings. The normalized spacial score (nSPS) is 16.8. The van der Waals surface area contributed by atoms with E-state index in [2.05, 4.69) is 12.1 Å². The summed E-state index contributed by atoms with van der Waals surface area (Å²) in [7, 11) is 0. The minimum absolute atomic E-state index is 0.340. The summed E-state index contributed by atoms with van der Waals surface area (Å²) >= 11 is 0. The summed E-state index contributed by atoms with van der Waals surface area (Å²) in [6.07, 6.45) is 2.93. The summed E-state index contributed by atoms with van der Waals surface area (Å²) in [4.78, 5) is 0. The molecule has 0 amide bonds. The monoisotopic (exact) mass is 270 g/mol. The van der Waals surface area contributed by atoms with Crippen LogP contribution in [0.5, 0.6) is 0 Å². The number of aryl methyl sites for hydroxylation is 1. The maximum absolute atomic E-state index is 13.9. The lowest BCUT2D eigenvalue weighted by Crippen LogP contribution is -2.09. The molecule has 1 aliphatic rings. The summed E-state index contributed by atoms with van der Waals surface area (Å²) in [5.74, 6) is 0.331. The molecule has 1 saturated carbocycles. The molecule has 1 unspecified atom stereocenters. The Bertz CT molecular complexity index is 599. The van der Waals surface area contributed by atoms with Crippen LogP contribution in [0.1, 0.15) is 53.5 Å². The fraction of sp³-hybridized carbons (Fsp3) is 0.333. The van der Waals surface area contributed by atoms with Gasteiger partial charge >= 0.3 is 0 Å². The first-order valence-electron chi connectivity index (χ1n) is 7.19. The van der Waals surface area contributed by atoms with Crippen LogP contribution < -0.4 is 0 Å². The van der Waals surface area contributed by atoms with Gasteiger partial charge in [0.05, 0.1) is 0 Å². The zero-order valence-electron chi connectivity index (χ0n) is 11.6. The van der Waals surface area contributed by atoms with Crippen molar-refractivity contribution in [3.8, 4) is 0 Å². The molecule has 2 aromatic carbocycles. The molecule has 1 atom stereocenters. The van der Waals surface area contributed by atoms with Crippen LogP contribution in [0.25, 0.3) is 0 Å². The van der Waals surface area contributed by atoms with E-state index in [1.807, 2.05) is 25.1 Å². The molecular formula is C18H19FO. The first kappa shape index (κ1) is 13.3. The zero-order chi connectivity index (χ0) is 14.1. The summed E-state index contributed by atoms with van der Waals surface area (Å²) < 4.78 is 13.9. The molecule has 0 aromatic heterocycles. The van der Waals surface area contributed by atoms with Gasteiger partial charge in [0.1, 0.15) is 11.9 Å². The van der Waals surface area contributed by atoms with Crippen molar-refractivity contribution in [2.24, 2.45) is 0 Å². The molecule has 1 N–H and O–H groups in total. The highest BCUT2D eigenvalue weighted by Crippen LogP contribution is 2.37. The third-order valence-corrected chi connectivity index (χ3v) is 4.28. The molecule has 0 heterocycles. The van der Waals surface area contributed by atoms with Crippen molar-refractivity contribution in [3.63, 3.8) is 0 Å². The largest absolute Gasteiger partial charge is 0.384 e. The van der Waals surface area contributed by atoms with E-state index in [9.17, 15) is 9.50 Å². The van der Waals surface area contributed by atoms with E-state index in [0.717, 1.165) is 11.1 Å². The van der Waals surface area contributed by atoms with Gasteiger partial charge in [0.25, 0.3) is 0 Å². The highest BCUT2D eigenvalue weighted by atomic mass is 19.1. The Kier molecular flexibility index (Phi) is 3.58. The van der Waals surface area contributed by atoms with E-state index in [1.165, 1.54) is 30.9 Å². The van der Waals surface area contributed by atoms with Gasteiger partial charge in [-0.25, -0.2) is 4.39 Å². The highest BCUT2D eigenvalue weighted by Gasteiger charge is 2.20. The molecule has 0 radical (unpaired) electrons. The number of hydrogen-bond acceptors (Lipinski definition) is 1. The molecule has 0 bridgehead atoms. The third kappa shape index (κ3) is 2.48. The number of aliphatic hydroxyl groups is 1. The number of rotatable bonds is 3. The van der Waals surface area contributed by atoms with E-state index in [4.69, 9.17) is 0 Å². The SMILES string of the molecule is Cc1ccc(C(O)c2ccc(C3CCC3)cc2)c(F)c1. The van der Waals surface area contributed by atoms with Gasteiger partial charge in [-0.3, -0.25) is 0 Å². The van der Waals surface area contributed by atoms with Gasteiger partial charge in [-0.2, -0.15) is 0 Å². The van der Waals surface area contributed by atoms with E-state index < -0.39 is 6.10 Å². The molecule has 3 rings (SSSR count). The molecule has 1 fully saturated rings. The lowest BCUT2D eigenvalue weighted by atomic mass is 9.80. The number of halogens is 1. The first-order chi connectivity index (χ1) is 9.65. The molecule has 0 spiro atoms. The van der Waals surface area contributed by atoms with Crippen molar-refractivity contribution >= 4 is 0 Å². The molecule has 0 aliphatic heterocycles. The second-order valence-electron chi connectivity index (χ2n) is 5.72. The van der Waals surface area contributed by atoms with Crippen LogP contribution in [0.15, 0.2) is 42.5 Å². The maximum atomic E-state index is 13.9. The van der Waals surface area contributed by atoms with Gasteiger partial charge in [0.2, 0.25) is 0 Å². The molecule has 1 nitrogen and oxygen atoms in total. The van der Waals surface area contributed by atoms with E-state index in [0.29, 0.717) is 11.5 Å². The fourth-order valence-corrected chi connectivity index (χ4v) is 2.73. The Labute approximate surface area is 119 Å². The van der Waals surface area contributed by atoms with Crippen molar-refractivity contribution in [1.82, 2.24) is 0 Å². The van der Waals surface area contributed by atoms with Gasteiger partial charge < -0.3 is 5.11 Å². The number of aliphatic hydroxyl groups excluding tert-OH is 1. The lowest BCUT2D eigenvalue weighted by molar-refractivity contribution is 0.215.